The Morgan fingerprint density at radius 2 is 2.00 bits per heavy atom. The molecule has 1 heterocycles. The molecule has 0 bridgehead atoms. The SMILES string of the molecule is COC(=O)NCCC(C(=O)Nc1ccc2[nH]ncc2c1)c1ccc(Cl)c(Cl)c1. The number of rotatable bonds is 6. The second-order valence-electron chi connectivity index (χ2n) is 6.09. The van der Waals surface area contributed by atoms with Crippen LogP contribution in [0, 0.1) is 0 Å². The van der Waals surface area contributed by atoms with Gasteiger partial charge < -0.3 is 15.4 Å². The summed E-state index contributed by atoms with van der Waals surface area (Å²) in [6, 6.07) is 10.5. The third-order valence-corrected chi connectivity index (χ3v) is 5.00. The number of fused-ring (bicyclic) bond motifs is 1. The van der Waals surface area contributed by atoms with Gasteiger partial charge in [-0.05, 0) is 42.3 Å². The molecule has 0 aliphatic rings. The van der Waals surface area contributed by atoms with Gasteiger partial charge in [-0.2, -0.15) is 5.10 Å². The Balaban J connectivity index is 1.80. The Bertz CT molecular complexity index is 1010. The van der Waals surface area contributed by atoms with E-state index in [9.17, 15) is 9.59 Å². The number of alkyl carbamates (subject to hydrolysis) is 1. The number of anilines is 1. The van der Waals surface area contributed by atoms with Crippen molar-refractivity contribution in [2.75, 3.05) is 19.0 Å². The van der Waals surface area contributed by atoms with Crippen molar-refractivity contribution in [3.8, 4) is 0 Å². The van der Waals surface area contributed by atoms with Crippen LogP contribution < -0.4 is 10.6 Å². The molecular formula is C19H18Cl2N4O3. The number of hydrogen-bond donors (Lipinski definition) is 3. The van der Waals surface area contributed by atoms with E-state index in [0.29, 0.717) is 27.7 Å². The lowest BCUT2D eigenvalue weighted by molar-refractivity contribution is -0.117. The molecule has 3 N–H and O–H groups in total. The third-order valence-electron chi connectivity index (χ3n) is 4.26. The van der Waals surface area contributed by atoms with Crippen LogP contribution in [0.15, 0.2) is 42.6 Å². The zero-order valence-corrected chi connectivity index (χ0v) is 16.5. The number of carbonyl (C=O) groups excluding carboxylic acids is 2. The molecule has 3 rings (SSSR count). The number of aromatic amines is 1. The van der Waals surface area contributed by atoms with Gasteiger partial charge in [0.15, 0.2) is 0 Å². The van der Waals surface area contributed by atoms with Crippen molar-refractivity contribution >= 4 is 51.8 Å². The molecule has 0 aliphatic carbocycles. The maximum atomic E-state index is 13.0. The van der Waals surface area contributed by atoms with Crippen molar-refractivity contribution in [2.45, 2.75) is 12.3 Å². The van der Waals surface area contributed by atoms with Crippen molar-refractivity contribution in [1.82, 2.24) is 15.5 Å². The Labute approximate surface area is 171 Å². The van der Waals surface area contributed by atoms with Crippen molar-refractivity contribution in [3.63, 3.8) is 0 Å². The number of hydrogen-bond acceptors (Lipinski definition) is 4. The van der Waals surface area contributed by atoms with Crippen molar-refractivity contribution in [2.24, 2.45) is 0 Å². The van der Waals surface area contributed by atoms with Crippen molar-refractivity contribution in [3.05, 3.63) is 58.2 Å². The first-order valence-electron chi connectivity index (χ1n) is 8.48. The number of H-pyrrole nitrogens is 1. The summed E-state index contributed by atoms with van der Waals surface area (Å²) in [5, 5.41) is 14.0. The summed E-state index contributed by atoms with van der Waals surface area (Å²) in [4.78, 5) is 24.3. The summed E-state index contributed by atoms with van der Waals surface area (Å²) in [7, 11) is 1.28. The number of carbonyl (C=O) groups is 2. The highest BCUT2D eigenvalue weighted by atomic mass is 35.5. The van der Waals surface area contributed by atoms with Gasteiger partial charge >= 0.3 is 6.09 Å². The monoisotopic (exact) mass is 420 g/mol. The zero-order chi connectivity index (χ0) is 20.1. The van der Waals surface area contributed by atoms with Gasteiger partial charge in [0.2, 0.25) is 5.91 Å². The Morgan fingerprint density at radius 1 is 1.18 bits per heavy atom. The molecule has 3 aromatic rings. The number of aromatic nitrogens is 2. The summed E-state index contributed by atoms with van der Waals surface area (Å²) in [5.74, 6) is -0.778. The molecule has 7 nitrogen and oxygen atoms in total. The summed E-state index contributed by atoms with van der Waals surface area (Å²) in [6.07, 6.45) is 1.48. The number of benzene rings is 2. The molecule has 0 spiro atoms. The first kappa shape index (κ1) is 20.0. The molecule has 2 amide bonds. The van der Waals surface area contributed by atoms with Crippen LogP contribution in [-0.2, 0) is 9.53 Å². The van der Waals surface area contributed by atoms with Crippen LogP contribution in [-0.4, -0.2) is 35.9 Å². The summed E-state index contributed by atoms with van der Waals surface area (Å²) >= 11 is 12.1. The van der Waals surface area contributed by atoms with Crippen LogP contribution >= 0.6 is 23.2 Å². The number of ether oxygens (including phenoxy) is 1. The maximum absolute atomic E-state index is 13.0. The fraction of sp³-hybridized carbons (Fsp3) is 0.211. The predicted molar refractivity (Wildman–Crippen MR) is 109 cm³/mol. The normalized spacial score (nSPS) is 11.8. The zero-order valence-electron chi connectivity index (χ0n) is 15.0. The lowest BCUT2D eigenvalue weighted by Gasteiger charge is -2.18. The van der Waals surface area contributed by atoms with Crippen LogP contribution in [0.2, 0.25) is 10.0 Å². The second-order valence-corrected chi connectivity index (χ2v) is 6.91. The molecule has 1 unspecified atom stereocenters. The van der Waals surface area contributed by atoms with Crippen LogP contribution in [0.5, 0.6) is 0 Å². The van der Waals surface area contributed by atoms with Crippen molar-refractivity contribution in [1.29, 1.82) is 0 Å². The third kappa shape index (κ3) is 4.74. The van der Waals surface area contributed by atoms with E-state index in [1.807, 2.05) is 12.1 Å². The lowest BCUT2D eigenvalue weighted by atomic mass is 9.94. The average Bonchev–Trinajstić information content (AvgIpc) is 3.15. The van der Waals surface area contributed by atoms with E-state index in [4.69, 9.17) is 23.2 Å². The van der Waals surface area contributed by atoms with Gasteiger partial charge in [0, 0.05) is 17.6 Å². The number of nitrogens with one attached hydrogen (secondary N) is 3. The second kappa shape index (κ2) is 8.95. The van der Waals surface area contributed by atoms with Gasteiger partial charge in [-0.25, -0.2) is 4.79 Å². The fourth-order valence-electron chi connectivity index (χ4n) is 2.82. The molecule has 0 aliphatic heterocycles. The number of amides is 2. The van der Waals surface area contributed by atoms with Crippen LogP contribution in [0.25, 0.3) is 10.9 Å². The Hall–Kier alpha value is -2.77. The predicted octanol–water partition coefficient (Wildman–Crippen LogP) is 4.34. The topological polar surface area (TPSA) is 96.1 Å². The average molecular weight is 421 g/mol. The fourth-order valence-corrected chi connectivity index (χ4v) is 3.13. The van der Waals surface area contributed by atoms with Gasteiger partial charge in [0.1, 0.15) is 0 Å². The van der Waals surface area contributed by atoms with E-state index in [1.54, 1.807) is 30.5 Å². The van der Waals surface area contributed by atoms with E-state index in [1.165, 1.54) is 7.11 Å². The van der Waals surface area contributed by atoms with Gasteiger partial charge in [0.05, 0.1) is 34.8 Å². The molecule has 1 atom stereocenters. The molecule has 2 aromatic carbocycles. The molecule has 0 fully saturated rings. The maximum Gasteiger partial charge on any atom is 0.406 e. The summed E-state index contributed by atoms with van der Waals surface area (Å²) in [5.41, 5.74) is 2.22. The summed E-state index contributed by atoms with van der Waals surface area (Å²) in [6.45, 7) is 0.256. The number of nitrogens with zero attached hydrogens (tertiary/aromatic N) is 1. The minimum atomic E-state index is -0.557. The highest BCUT2D eigenvalue weighted by Crippen LogP contribution is 2.29. The van der Waals surface area contributed by atoms with E-state index in [0.717, 1.165) is 10.9 Å². The minimum Gasteiger partial charge on any atom is -0.453 e. The highest BCUT2D eigenvalue weighted by molar-refractivity contribution is 6.42. The minimum absolute atomic E-state index is 0.229. The lowest BCUT2D eigenvalue weighted by Crippen LogP contribution is -2.29. The molecule has 1 aromatic heterocycles. The van der Waals surface area contributed by atoms with Gasteiger partial charge in [-0.1, -0.05) is 29.3 Å². The first-order valence-corrected chi connectivity index (χ1v) is 9.24. The largest absolute Gasteiger partial charge is 0.453 e. The highest BCUT2D eigenvalue weighted by Gasteiger charge is 2.22. The van der Waals surface area contributed by atoms with Crippen molar-refractivity contribution < 1.29 is 14.3 Å². The van der Waals surface area contributed by atoms with Gasteiger partial charge in [-0.15, -0.1) is 0 Å². The first-order chi connectivity index (χ1) is 13.5. The standard InChI is InChI=1S/C19H18Cl2N4O3/c1-28-19(27)22-7-6-14(11-2-4-15(20)16(21)9-11)18(26)24-13-3-5-17-12(8-13)10-23-25-17/h2-5,8-10,14H,6-7H2,1H3,(H,22,27)(H,23,25)(H,24,26). The molecule has 28 heavy (non-hydrogen) atoms. The Morgan fingerprint density at radius 3 is 2.75 bits per heavy atom. The number of methoxy groups -OCH3 is 1. The molecule has 0 radical (unpaired) electrons. The van der Waals surface area contributed by atoms with Gasteiger partial charge in [-0.3, -0.25) is 9.89 Å². The van der Waals surface area contributed by atoms with Gasteiger partial charge in [0.25, 0.3) is 0 Å². The molecular weight excluding hydrogens is 403 g/mol. The van der Waals surface area contributed by atoms with E-state index >= 15 is 0 Å². The van der Waals surface area contributed by atoms with Crippen LogP contribution in [0.4, 0.5) is 10.5 Å². The number of halogens is 2. The van der Waals surface area contributed by atoms with E-state index in [2.05, 4.69) is 25.6 Å². The van der Waals surface area contributed by atoms with Crippen LogP contribution in [0.1, 0.15) is 17.9 Å². The van der Waals surface area contributed by atoms with E-state index < -0.39 is 12.0 Å². The van der Waals surface area contributed by atoms with E-state index in [-0.39, 0.29) is 12.5 Å². The smallest absolute Gasteiger partial charge is 0.406 e. The molecule has 0 saturated heterocycles. The molecule has 9 heteroatoms. The summed E-state index contributed by atoms with van der Waals surface area (Å²) < 4.78 is 4.56. The Kier molecular flexibility index (Phi) is 6.38. The molecule has 0 saturated carbocycles. The van der Waals surface area contributed by atoms with Crippen LogP contribution in [0.3, 0.4) is 0 Å². The molecule has 146 valence electrons. The quantitative estimate of drug-likeness (QED) is 0.552.